The number of aliphatic hydroxyl groups is 2. The summed E-state index contributed by atoms with van der Waals surface area (Å²) in [7, 11) is 0. The monoisotopic (exact) mass is 117 g/mol. The van der Waals surface area contributed by atoms with E-state index in [1.165, 1.54) is 6.42 Å². The summed E-state index contributed by atoms with van der Waals surface area (Å²) in [6.07, 6.45) is 2.54. The van der Waals surface area contributed by atoms with Gasteiger partial charge in [0.05, 0.1) is 0 Å². The molecule has 49 valence electrons. The number of hydrogen-bond acceptors (Lipinski definition) is 2. The largest absolute Gasteiger partial charge is 0.365 e. The first-order valence-electron chi connectivity index (χ1n) is 2.91. The van der Waals surface area contributed by atoms with E-state index in [4.69, 9.17) is 10.2 Å². The fraction of sp³-hybridized carbons (Fsp3) is 0.833. The number of rotatable bonds is 3. The molecule has 0 rings (SSSR count). The van der Waals surface area contributed by atoms with E-state index in [9.17, 15) is 0 Å². The smallest absolute Gasteiger partial charge is 0.165 e. The van der Waals surface area contributed by atoms with Crippen LogP contribution >= 0.6 is 0 Å². The maximum atomic E-state index is 8.82. The topological polar surface area (TPSA) is 40.5 Å². The minimum absolute atomic E-state index is 0.362. The molecule has 2 nitrogen and oxygen atoms in total. The molecule has 0 aromatic carbocycles. The minimum atomic E-state index is -1.53. The second kappa shape index (κ2) is 3.05. The quantitative estimate of drug-likeness (QED) is 0.534. The Bertz CT molecular complexity index is 59.5. The Morgan fingerprint density at radius 3 is 2.00 bits per heavy atom. The van der Waals surface area contributed by atoms with Gasteiger partial charge in [0.15, 0.2) is 5.79 Å². The molecule has 0 aromatic heterocycles. The van der Waals surface area contributed by atoms with Gasteiger partial charge >= 0.3 is 0 Å². The predicted octanol–water partition coefficient (Wildman–Crippen LogP) is 0.692. The molecule has 0 amide bonds. The van der Waals surface area contributed by atoms with Crippen LogP contribution in [0.3, 0.4) is 0 Å². The summed E-state index contributed by atoms with van der Waals surface area (Å²) >= 11 is 0. The van der Waals surface area contributed by atoms with Crippen LogP contribution in [0.1, 0.15) is 26.7 Å². The summed E-state index contributed by atoms with van der Waals surface area (Å²) in [5.41, 5.74) is 0. The van der Waals surface area contributed by atoms with Gasteiger partial charge in [0.25, 0.3) is 0 Å². The highest BCUT2D eigenvalue weighted by Crippen LogP contribution is 2.10. The highest BCUT2D eigenvalue weighted by Gasteiger charge is 2.17. The van der Waals surface area contributed by atoms with Crippen LogP contribution in [-0.2, 0) is 0 Å². The van der Waals surface area contributed by atoms with Crippen molar-refractivity contribution in [2.45, 2.75) is 32.5 Å². The predicted molar refractivity (Wildman–Crippen MR) is 32.1 cm³/mol. The highest BCUT2D eigenvalue weighted by molar-refractivity contribution is 4.79. The van der Waals surface area contributed by atoms with E-state index in [0.717, 1.165) is 0 Å². The average Bonchev–Trinajstić information content (AvgIpc) is 1.67. The summed E-state index contributed by atoms with van der Waals surface area (Å²) in [4.78, 5) is 0. The molecule has 0 saturated heterocycles. The van der Waals surface area contributed by atoms with Gasteiger partial charge in [-0.1, -0.05) is 13.8 Å². The third-order valence-corrected chi connectivity index (χ3v) is 1.05. The molecule has 2 heteroatoms. The zero-order valence-corrected chi connectivity index (χ0v) is 5.39. The molecule has 1 radical (unpaired) electrons. The Kier molecular flexibility index (Phi) is 3.02. The van der Waals surface area contributed by atoms with Gasteiger partial charge in [0.2, 0.25) is 0 Å². The minimum Gasteiger partial charge on any atom is -0.365 e. The molecule has 0 spiro atoms. The van der Waals surface area contributed by atoms with Gasteiger partial charge in [-0.15, -0.1) is 0 Å². The van der Waals surface area contributed by atoms with Crippen molar-refractivity contribution in [3.8, 4) is 0 Å². The van der Waals surface area contributed by atoms with Crippen LogP contribution in [0.4, 0.5) is 0 Å². The highest BCUT2D eigenvalue weighted by atomic mass is 16.5. The molecule has 0 fully saturated rings. The lowest BCUT2D eigenvalue weighted by Gasteiger charge is -2.17. The molecule has 0 saturated carbocycles. The second-order valence-electron chi connectivity index (χ2n) is 1.84. The first-order valence-corrected chi connectivity index (χ1v) is 2.91. The summed E-state index contributed by atoms with van der Waals surface area (Å²) in [6.45, 7) is 3.60. The Labute approximate surface area is 50.2 Å². The molecule has 0 bridgehead atoms. The van der Waals surface area contributed by atoms with Crippen molar-refractivity contribution >= 4 is 0 Å². The molecule has 0 heterocycles. The summed E-state index contributed by atoms with van der Waals surface area (Å²) in [6, 6.07) is 0. The van der Waals surface area contributed by atoms with Crippen LogP contribution in [0, 0.1) is 6.42 Å². The molecule has 2 N–H and O–H groups in total. The van der Waals surface area contributed by atoms with Gasteiger partial charge in [-0.2, -0.15) is 0 Å². The molecule has 0 aliphatic carbocycles. The van der Waals surface area contributed by atoms with Gasteiger partial charge in [-0.25, -0.2) is 0 Å². The van der Waals surface area contributed by atoms with Crippen molar-refractivity contribution < 1.29 is 10.2 Å². The lowest BCUT2D eigenvalue weighted by Crippen LogP contribution is -2.26. The van der Waals surface area contributed by atoms with E-state index in [2.05, 4.69) is 0 Å². The summed E-state index contributed by atoms with van der Waals surface area (Å²) in [5, 5.41) is 17.6. The first-order chi connectivity index (χ1) is 3.62. The Morgan fingerprint density at radius 1 is 1.38 bits per heavy atom. The third-order valence-electron chi connectivity index (χ3n) is 1.05. The van der Waals surface area contributed by atoms with E-state index in [0.29, 0.717) is 12.8 Å². The van der Waals surface area contributed by atoms with Crippen LogP contribution in [0.25, 0.3) is 0 Å². The molecule has 0 aromatic rings. The molecule has 0 atom stereocenters. The van der Waals surface area contributed by atoms with E-state index in [1.54, 1.807) is 6.92 Å². The zero-order valence-electron chi connectivity index (χ0n) is 5.39. The molecule has 0 aliphatic rings. The first kappa shape index (κ1) is 7.92. The van der Waals surface area contributed by atoms with Gasteiger partial charge in [0, 0.05) is 6.42 Å². The van der Waals surface area contributed by atoms with Crippen LogP contribution in [0.5, 0.6) is 0 Å². The van der Waals surface area contributed by atoms with Crippen molar-refractivity contribution in [1.29, 1.82) is 0 Å². The van der Waals surface area contributed by atoms with Gasteiger partial charge in [-0.05, 0) is 12.8 Å². The van der Waals surface area contributed by atoms with E-state index < -0.39 is 5.79 Å². The van der Waals surface area contributed by atoms with Crippen LogP contribution < -0.4 is 0 Å². The van der Waals surface area contributed by atoms with Crippen molar-refractivity contribution in [3.05, 3.63) is 6.42 Å². The Balaban J connectivity index is 3.37. The molecule has 0 unspecified atom stereocenters. The van der Waals surface area contributed by atoms with Gasteiger partial charge < -0.3 is 10.2 Å². The number of hydrogen-bond donors (Lipinski definition) is 2. The summed E-state index contributed by atoms with van der Waals surface area (Å²) < 4.78 is 0. The molecular weight excluding hydrogens is 104 g/mol. The Morgan fingerprint density at radius 2 is 1.88 bits per heavy atom. The van der Waals surface area contributed by atoms with Crippen molar-refractivity contribution in [2.24, 2.45) is 0 Å². The van der Waals surface area contributed by atoms with Crippen LogP contribution in [0.15, 0.2) is 0 Å². The van der Waals surface area contributed by atoms with Gasteiger partial charge in [-0.3, -0.25) is 0 Å². The van der Waals surface area contributed by atoms with E-state index in [1.807, 2.05) is 6.92 Å². The summed E-state index contributed by atoms with van der Waals surface area (Å²) in [5.74, 6) is -1.53. The molecule has 0 aliphatic heterocycles. The van der Waals surface area contributed by atoms with E-state index >= 15 is 0 Å². The zero-order chi connectivity index (χ0) is 6.62. The SMILES string of the molecule is CC[CH]C(O)(O)CC. The molecular formula is C6H13O2. The average molecular weight is 117 g/mol. The standard InChI is InChI=1S/C6H13O2/c1-3-5-6(7,8)4-2/h5,7-8H,3-4H2,1-2H3. The third kappa shape index (κ3) is 2.99. The fourth-order valence-electron chi connectivity index (χ4n) is 0.471. The lowest BCUT2D eigenvalue weighted by molar-refractivity contribution is -0.135. The maximum Gasteiger partial charge on any atom is 0.165 e. The Hall–Kier alpha value is -0.0800. The normalized spacial score (nSPS) is 12.0. The van der Waals surface area contributed by atoms with Crippen molar-refractivity contribution in [2.75, 3.05) is 0 Å². The molecule has 8 heavy (non-hydrogen) atoms. The lowest BCUT2D eigenvalue weighted by atomic mass is 10.1. The fourth-order valence-corrected chi connectivity index (χ4v) is 0.471. The maximum absolute atomic E-state index is 8.82. The van der Waals surface area contributed by atoms with Crippen molar-refractivity contribution in [1.82, 2.24) is 0 Å². The van der Waals surface area contributed by atoms with E-state index in [-0.39, 0.29) is 0 Å². The second-order valence-corrected chi connectivity index (χ2v) is 1.84. The van der Waals surface area contributed by atoms with Crippen LogP contribution in [-0.4, -0.2) is 16.0 Å². The van der Waals surface area contributed by atoms with Crippen molar-refractivity contribution in [3.63, 3.8) is 0 Å². The van der Waals surface area contributed by atoms with Gasteiger partial charge in [0.1, 0.15) is 0 Å². The van der Waals surface area contributed by atoms with Crippen LogP contribution in [0.2, 0.25) is 0 Å².